The number of aromatic amines is 1. The minimum Gasteiger partial charge on any atom is -0.349 e. The Morgan fingerprint density at radius 3 is 2.57 bits per heavy atom. The number of hydrogen-bond donors (Lipinski definition) is 1. The molecule has 1 aromatic rings. The van der Waals surface area contributed by atoms with Crippen LogP contribution in [0.3, 0.4) is 0 Å². The Bertz CT molecular complexity index is 113. The fraction of sp³-hybridized carbons (Fsp3) is 0.250. The molecule has 2 nitrogen and oxygen atoms in total. The maximum Gasteiger partial charge on any atom is 1.00 e. The normalized spacial score (nSPS) is 7.57. The summed E-state index contributed by atoms with van der Waals surface area (Å²) < 4.78 is 0. The van der Waals surface area contributed by atoms with Crippen molar-refractivity contribution in [2.75, 3.05) is 0 Å². The second-order valence-electron chi connectivity index (χ2n) is 1.17. The molecule has 1 rings (SSSR count). The maximum atomic E-state index is 3.86. The summed E-state index contributed by atoms with van der Waals surface area (Å²) in [7, 11) is 0. The summed E-state index contributed by atoms with van der Waals surface area (Å²) in [4.78, 5) is 6.75. The molecule has 0 fully saturated rings. The van der Waals surface area contributed by atoms with E-state index in [0.717, 1.165) is 5.82 Å². The molecule has 1 heterocycles. The van der Waals surface area contributed by atoms with Gasteiger partial charge in [-0.2, -0.15) is 0 Å². The second-order valence-corrected chi connectivity index (χ2v) is 1.17. The first-order chi connectivity index (χ1) is 2.89. The Hall–Kier alpha value is -0.284. The SMILES string of the molecule is Cc1ncc[nH]1.[Co+]. The molecule has 40 valence electrons. The minimum absolute atomic E-state index is 0. The van der Waals surface area contributed by atoms with Crippen LogP contribution in [0.4, 0.5) is 0 Å². The molecule has 0 atom stereocenters. The molecule has 0 unspecified atom stereocenters. The van der Waals surface area contributed by atoms with Gasteiger partial charge < -0.3 is 4.98 Å². The minimum atomic E-state index is 0. The molecule has 0 bridgehead atoms. The first-order valence-electron chi connectivity index (χ1n) is 1.85. The van der Waals surface area contributed by atoms with Crippen LogP contribution in [0.1, 0.15) is 5.82 Å². The van der Waals surface area contributed by atoms with Crippen molar-refractivity contribution in [3.8, 4) is 0 Å². The smallest absolute Gasteiger partial charge is 0.349 e. The number of hydrogen-bond acceptors (Lipinski definition) is 1. The van der Waals surface area contributed by atoms with Crippen LogP contribution in [0.15, 0.2) is 12.4 Å². The zero-order valence-corrected chi connectivity index (χ0v) is 4.98. The number of nitrogens with one attached hydrogen (secondary N) is 1. The zero-order chi connectivity index (χ0) is 4.41. The number of H-pyrrole nitrogens is 1. The van der Waals surface area contributed by atoms with Crippen molar-refractivity contribution in [1.82, 2.24) is 9.97 Å². The maximum absolute atomic E-state index is 3.86. The summed E-state index contributed by atoms with van der Waals surface area (Å²) in [5.41, 5.74) is 0. The van der Waals surface area contributed by atoms with Gasteiger partial charge in [0.15, 0.2) is 0 Å². The predicted molar refractivity (Wildman–Crippen MR) is 23.3 cm³/mol. The molecule has 3 heteroatoms. The average molecular weight is 141 g/mol. The van der Waals surface area contributed by atoms with Crippen LogP contribution < -0.4 is 0 Å². The van der Waals surface area contributed by atoms with E-state index in [1.54, 1.807) is 12.4 Å². The molecule has 1 aromatic heterocycles. The van der Waals surface area contributed by atoms with E-state index in [-0.39, 0.29) is 16.8 Å². The Kier molecular flexibility index (Phi) is 2.70. The number of aromatic nitrogens is 2. The molecule has 0 amide bonds. The average Bonchev–Trinajstić information content (AvgIpc) is 1.86. The fourth-order valence-corrected chi connectivity index (χ4v) is 0.344. The van der Waals surface area contributed by atoms with Crippen molar-refractivity contribution < 1.29 is 16.8 Å². The quantitative estimate of drug-likeness (QED) is 0.566. The molecular formula is C4H6CoN2+. The van der Waals surface area contributed by atoms with Crippen LogP contribution in [0.5, 0.6) is 0 Å². The van der Waals surface area contributed by atoms with Crippen molar-refractivity contribution >= 4 is 0 Å². The van der Waals surface area contributed by atoms with E-state index in [1.165, 1.54) is 0 Å². The van der Waals surface area contributed by atoms with E-state index in [9.17, 15) is 0 Å². The van der Waals surface area contributed by atoms with Crippen molar-refractivity contribution in [1.29, 1.82) is 0 Å². The Morgan fingerprint density at radius 2 is 2.43 bits per heavy atom. The van der Waals surface area contributed by atoms with E-state index in [0.29, 0.717) is 0 Å². The molecule has 0 saturated heterocycles. The van der Waals surface area contributed by atoms with E-state index in [2.05, 4.69) is 9.97 Å². The summed E-state index contributed by atoms with van der Waals surface area (Å²) in [6.07, 6.45) is 3.53. The molecule has 0 aliphatic carbocycles. The fourth-order valence-electron chi connectivity index (χ4n) is 0.344. The van der Waals surface area contributed by atoms with Gasteiger partial charge in [0.1, 0.15) is 5.82 Å². The molecule has 0 aliphatic rings. The Labute approximate surface area is 52.5 Å². The van der Waals surface area contributed by atoms with Crippen molar-refractivity contribution in [2.24, 2.45) is 0 Å². The summed E-state index contributed by atoms with van der Waals surface area (Å²) in [5.74, 6) is 0.968. The van der Waals surface area contributed by atoms with Crippen molar-refractivity contribution in [2.45, 2.75) is 6.92 Å². The second kappa shape index (κ2) is 2.82. The van der Waals surface area contributed by atoms with E-state index in [1.807, 2.05) is 6.92 Å². The van der Waals surface area contributed by atoms with Gasteiger partial charge in [-0.3, -0.25) is 0 Å². The van der Waals surface area contributed by atoms with Gasteiger partial charge in [-0.15, -0.1) is 0 Å². The van der Waals surface area contributed by atoms with Gasteiger partial charge in [-0.1, -0.05) is 0 Å². The zero-order valence-electron chi connectivity index (χ0n) is 3.94. The number of imidazole rings is 1. The number of rotatable bonds is 0. The van der Waals surface area contributed by atoms with Crippen LogP contribution in [0.25, 0.3) is 0 Å². The standard InChI is InChI=1S/C4H6N2.Co/c1-4-5-2-3-6-4;/h2-3H,1H3,(H,5,6);/q;+1. The van der Waals surface area contributed by atoms with Gasteiger partial charge in [0.05, 0.1) is 0 Å². The summed E-state index contributed by atoms with van der Waals surface area (Å²) in [6.45, 7) is 1.92. The summed E-state index contributed by atoms with van der Waals surface area (Å²) in [6, 6.07) is 0. The van der Waals surface area contributed by atoms with Crippen LogP contribution in [0.2, 0.25) is 0 Å². The van der Waals surface area contributed by atoms with Crippen LogP contribution in [0, 0.1) is 6.92 Å². The predicted octanol–water partition coefficient (Wildman–Crippen LogP) is 0.716. The Balaban J connectivity index is 0.000000360. The first-order valence-corrected chi connectivity index (χ1v) is 1.85. The van der Waals surface area contributed by atoms with Crippen LogP contribution >= 0.6 is 0 Å². The van der Waals surface area contributed by atoms with Crippen LogP contribution in [-0.2, 0) is 16.8 Å². The van der Waals surface area contributed by atoms with E-state index < -0.39 is 0 Å². The third kappa shape index (κ3) is 1.75. The topological polar surface area (TPSA) is 28.7 Å². The Morgan fingerprint density at radius 1 is 1.71 bits per heavy atom. The molecule has 0 radical (unpaired) electrons. The monoisotopic (exact) mass is 141 g/mol. The van der Waals surface area contributed by atoms with E-state index >= 15 is 0 Å². The molecule has 0 saturated carbocycles. The molecule has 0 spiro atoms. The van der Waals surface area contributed by atoms with Gasteiger partial charge >= 0.3 is 16.8 Å². The van der Waals surface area contributed by atoms with Gasteiger partial charge in [-0.05, 0) is 6.92 Å². The molecule has 0 aromatic carbocycles. The largest absolute Gasteiger partial charge is 1.00 e. The number of nitrogens with zero attached hydrogens (tertiary/aromatic N) is 1. The van der Waals surface area contributed by atoms with E-state index in [4.69, 9.17) is 0 Å². The molecule has 7 heavy (non-hydrogen) atoms. The number of aryl methyl sites for hydroxylation is 1. The third-order valence-electron chi connectivity index (χ3n) is 0.635. The summed E-state index contributed by atoms with van der Waals surface area (Å²) >= 11 is 0. The van der Waals surface area contributed by atoms with Gasteiger partial charge in [0.2, 0.25) is 0 Å². The third-order valence-corrected chi connectivity index (χ3v) is 0.635. The van der Waals surface area contributed by atoms with Gasteiger partial charge in [-0.25, -0.2) is 4.98 Å². The van der Waals surface area contributed by atoms with Gasteiger partial charge in [0.25, 0.3) is 0 Å². The summed E-state index contributed by atoms with van der Waals surface area (Å²) in [5, 5.41) is 0. The van der Waals surface area contributed by atoms with Crippen molar-refractivity contribution in [3.63, 3.8) is 0 Å². The van der Waals surface area contributed by atoms with Crippen molar-refractivity contribution in [3.05, 3.63) is 18.2 Å². The van der Waals surface area contributed by atoms with Crippen LogP contribution in [-0.4, -0.2) is 9.97 Å². The molecule has 1 N–H and O–H groups in total. The first kappa shape index (κ1) is 6.72. The molecular weight excluding hydrogens is 135 g/mol. The van der Waals surface area contributed by atoms with Gasteiger partial charge in [0, 0.05) is 12.4 Å². The molecule has 0 aliphatic heterocycles.